The van der Waals surface area contributed by atoms with E-state index in [0.29, 0.717) is 54.7 Å². The molecule has 1 aliphatic rings. The van der Waals surface area contributed by atoms with E-state index >= 15 is 0 Å². The van der Waals surface area contributed by atoms with E-state index in [1.165, 1.54) is 4.90 Å². The molecule has 1 atom stereocenters. The zero-order valence-corrected chi connectivity index (χ0v) is 23.2. The Bertz CT molecular complexity index is 1130. The summed E-state index contributed by atoms with van der Waals surface area (Å²) in [6, 6.07) is 11.5. The number of likely N-dealkylation sites (tertiary alicyclic amines) is 1. The Hall–Kier alpha value is -3.52. The van der Waals surface area contributed by atoms with Crippen LogP contribution in [0.1, 0.15) is 56.7 Å². The highest BCUT2D eigenvalue weighted by Crippen LogP contribution is 2.42. The number of ether oxygens (including phenoxy) is 3. The number of aliphatic hydroxyl groups is 1. The Morgan fingerprint density at radius 3 is 2.21 bits per heavy atom. The summed E-state index contributed by atoms with van der Waals surface area (Å²) in [4.78, 5) is 29.9. The average molecular weight is 525 g/mol. The monoisotopic (exact) mass is 524 g/mol. The molecule has 8 heteroatoms. The number of amides is 1. The first-order valence-electron chi connectivity index (χ1n) is 13.3. The van der Waals surface area contributed by atoms with Crippen molar-refractivity contribution in [2.75, 3.05) is 47.5 Å². The number of ketones is 1. The first-order valence-corrected chi connectivity index (χ1v) is 13.3. The number of Topliss-reactive ketones (excluding diaryl/α,β-unsaturated/α-hetero) is 1. The molecule has 0 spiro atoms. The number of carbonyl (C=O) groups excluding carboxylic acids is 2. The Kier molecular flexibility index (Phi) is 10.6. The lowest BCUT2D eigenvalue weighted by Crippen LogP contribution is -2.35. The van der Waals surface area contributed by atoms with Gasteiger partial charge in [-0.05, 0) is 68.9 Å². The summed E-state index contributed by atoms with van der Waals surface area (Å²) in [6.07, 6.45) is 3.90. The minimum Gasteiger partial charge on any atom is -0.507 e. The summed E-state index contributed by atoms with van der Waals surface area (Å²) in [6.45, 7) is 6.23. The molecule has 2 aromatic carbocycles. The van der Waals surface area contributed by atoms with Gasteiger partial charge in [0.25, 0.3) is 11.7 Å². The van der Waals surface area contributed by atoms with E-state index in [-0.39, 0.29) is 11.3 Å². The predicted octanol–water partition coefficient (Wildman–Crippen LogP) is 5.04. The predicted molar refractivity (Wildman–Crippen MR) is 148 cm³/mol. The van der Waals surface area contributed by atoms with Gasteiger partial charge in [-0.15, -0.1) is 0 Å². The van der Waals surface area contributed by atoms with Crippen molar-refractivity contribution in [2.45, 2.75) is 45.6 Å². The molecule has 8 nitrogen and oxygen atoms in total. The van der Waals surface area contributed by atoms with Gasteiger partial charge >= 0.3 is 0 Å². The molecule has 1 aliphatic heterocycles. The van der Waals surface area contributed by atoms with Crippen molar-refractivity contribution in [3.8, 4) is 17.2 Å². The van der Waals surface area contributed by atoms with Crippen LogP contribution in [-0.2, 0) is 9.59 Å². The molecule has 2 aromatic rings. The maximum Gasteiger partial charge on any atom is 0.295 e. The molecule has 1 N–H and O–H groups in total. The third-order valence-electron chi connectivity index (χ3n) is 6.48. The molecular formula is C30H40N2O6. The van der Waals surface area contributed by atoms with E-state index in [0.717, 1.165) is 25.7 Å². The van der Waals surface area contributed by atoms with Crippen LogP contribution in [0.25, 0.3) is 5.76 Å². The number of rotatable bonds is 14. The summed E-state index contributed by atoms with van der Waals surface area (Å²) in [5.74, 6) is 0.209. The van der Waals surface area contributed by atoms with Crippen LogP contribution in [0.4, 0.5) is 0 Å². The maximum atomic E-state index is 13.3. The fourth-order valence-corrected chi connectivity index (χ4v) is 4.26. The number of benzene rings is 2. The van der Waals surface area contributed by atoms with Crippen molar-refractivity contribution >= 4 is 17.4 Å². The lowest BCUT2D eigenvalue weighted by atomic mass is 9.95. The molecule has 0 saturated carbocycles. The van der Waals surface area contributed by atoms with Crippen LogP contribution in [0.15, 0.2) is 48.0 Å². The largest absolute Gasteiger partial charge is 0.507 e. The number of hydrogen-bond donors (Lipinski definition) is 1. The third kappa shape index (κ3) is 6.86. The summed E-state index contributed by atoms with van der Waals surface area (Å²) in [7, 11) is 5.36. The van der Waals surface area contributed by atoms with Gasteiger partial charge in [-0.25, -0.2) is 0 Å². The van der Waals surface area contributed by atoms with Crippen molar-refractivity contribution in [1.82, 2.24) is 9.80 Å². The summed E-state index contributed by atoms with van der Waals surface area (Å²) in [5, 5.41) is 11.3. The number of nitrogens with zero attached hydrogens (tertiary/aromatic N) is 2. The summed E-state index contributed by atoms with van der Waals surface area (Å²) >= 11 is 0. The highest BCUT2D eigenvalue weighted by atomic mass is 16.5. The maximum absolute atomic E-state index is 13.3. The van der Waals surface area contributed by atoms with E-state index in [4.69, 9.17) is 14.2 Å². The van der Waals surface area contributed by atoms with Gasteiger partial charge in [-0.3, -0.25) is 9.59 Å². The molecule has 1 heterocycles. The van der Waals surface area contributed by atoms with Gasteiger partial charge in [0.2, 0.25) is 0 Å². The molecule has 0 bridgehead atoms. The van der Waals surface area contributed by atoms with Crippen LogP contribution < -0.4 is 14.2 Å². The highest BCUT2D eigenvalue weighted by Gasteiger charge is 2.46. The second kappa shape index (κ2) is 13.9. The van der Waals surface area contributed by atoms with E-state index in [1.807, 2.05) is 25.1 Å². The van der Waals surface area contributed by atoms with E-state index in [9.17, 15) is 14.7 Å². The molecule has 3 rings (SSSR count). The summed E-state index contributed by atoms with van der Waals surface area (Å²) in [5.41, 5.74) is 1.15. The SMILES string of the molecule is CCCCOc1ccc(C(O)=C2C(=O)C(=O)N(CCN(C)C)C2c2ccc(OCCCC)c(OC)c2)cc1. The van der Waals surface area contributed by atoms with Gasteiger partial charge in [-0.1, -0.05) is 32.8 Å². The number of likely N-dealkylation sites (N-methyl/N-ethyl adjacent to an activating group) is 1. The molecule has 1 saturated heterocycles. The van der Waals surface area contributed by atoms with Gasteiger partial charge < -0.3 is 29.1 Å². The number of carbonyl (C=O) groups is 2. The molecule has 38 heavy (non-hydrogen) atoms. The third-order valence-corrected chi connectivity index (χ3v) is 6.48. The number of hydrogen-bond acceptors (Lipinski definition) is 7. The second-order valence-electron chi connectivity index (χ2n) is 9.63. The van der Waals surface area contributed by atoms with Crippen LogP contribution in [-0.4, -0.2) is 74.1 Å². The standard InChI is InChI=1S/C30H40N2O6/c1-6-8-18-37-23-13-10-21(11-14-23)28(33)26-27(32(17-16-31(3)4)30(35)29(26)34)22-12-15-24(25(20-22)36-5)38-19-9-7-2/h10-15,20,27,33H,6-9,16-19H2,1-5H3. The van der Waals surface area contributed by atoms with E-state index in [2.05, 4.69) is 13.8 Å². The van der Waals surface area contributed by atoms with Gasteiger partial charge in [-0.2, -0.15) is 0 Å². The quantitative estimate of drug-likeness (QED) is 0.160. The number of unbranched alkanes of at least 4 members (excludes halogenated alkanes) is 2. The van der Waals surface area contributed by atoms with Crippen molar-refractivity contribution < 1.29 is 28.9 Å². The van der Waals surface area contributed by atoms with Crippen molar-refractivity contribution in [2.24, 2.45) is 0 Å². The minimum absolute atomic E-state index is 0.0510. The topological polar surface area (TPSA) is 88.5 Å². The normalized spacial score (nSPS) is 16.8. The highest BCUT2D eigenvalue weighted by molar-refractivity contribution is 6.46. The molecule has 206 valence electrons. The minimum atomic E-state index is -0.769. The van der Waals surface area contributed by atoms with Gasteiger partial charge in [0.05, 0.1) is 31.9 Å². The molecule has 1 unspecified atom stereocenters. The molecule has 1 fully saturated rings. The van der Waals surface area contributed by atoms with Crippen LogP contribution in [0, 0.1) is 0 Å². The number of aliphatic hydroxyl groups excluding tert-OH is 1. The Morgan fingerprint density at radius 1 is 0.947 bits per heavy atom. The van der Waals surface area contributed by atoms with Crippen molar-refractivity contribution in [1.29, 1.82) is 0 Å². The van der Waals surface area contributed by atoms with Gasteiger partial charge in [0.1, 0.15) is 11.5 Å². The Labute approximate surface area is 225 Å². The molecule has 1 amide bonds. The van der Waals surface area contributed by atoms with Gasteiger partial charge in [0.15, 0.2) is 11.5 Å². The van der Waals surface area contributed by atoms with Crippen LogP contribution >= 0.6 is 0 Å². The van der Waals surface area contributed by atoms with Gasteiger partial charge in [0, 0.05) is 18.7 Å². The van der Waals surface area contributed by atoms with Crippen molar-refractivity contribution in [3.63, 3.8) is 0 Å². The van der Waals surface area contributed by atoms with E-state index < -0.39 is 17.7 Å². The lowest BCUT2D eigenvalue weighted by molar-refractivity contribution is -0.140. The van der Waals surface area contributed by atoms with Crippen LogP contribution in [0.3, 0.4) is 0 Å². The average Bonchev–Trinajstić information content (AvgIpc) is 3.17. The fourth-order valence-electron chi connectivity index (χ4n) is 4.26. The van der Waals surface area contributed by atoms with Crippen molar-refractivity contribution in [3.05, 3.63) is 59.2 Å². The van der Waals surface area contributed by atoms with Crippen LogP contribution in [0.5, 0.6) is 17.2 Å². The second-order valence-corrected chi connectivity index (χ2v) is 9.63. The zero-order valence-electron chi connectivity index (χ0n) is 23.2. The first kappa shape index (κ1) is 29.0. The zero-order chi connectivity index (χ0) is 27.7. The first-order chi connectivity index (χ1) is 18.3. The molecule has 0 radical (unpaired) electrons. The number of methoxy groups -OCH3 is 1. The smallest absolute Gasteiger partial charge is 0.295 e. The molecule has 0 aliphatic carbocycles. The Balaban J connectivity index is 2.03. The van der Waals surface area contributed by atoms with E-state index in [1.54, 1.807) is 43.5 Å². The molecule has 0 aromatic heterocycles. The lowest BCUT2D eigenvalue weighted by Gasteiger charge is -2.27. The summed E-state index contributed by atoms with van der Waals surface area (Å²) < 4.78 is 17.2. The van der Waals surface area contributed by atoms with Crippen LogP contribution in [0.2, 0.25) is 0 Å². The fraction of sp³-hybridized carbons (Fsp3) is 0.467. The Morgan fingerprint density at radius 2 is 1.61 bits per heavy atom. The molecular weight excluding hydrogens is 484 g/mol.